The molecule has 0 aliphatic carbocycles. The molecular weight excluding hydrogens is 418 g/mol. The van der Waals surface area contributed by atoms with E-state index in [-0.39, 0.29) is 16.3 Å². The standard InChI is InChI=1S/C13H6Br2ClFO3/c14-7-3-6(13(18)19)1-2-11(7)20-12-5-10(17)9(16)4-8(12)15/h1-5H,(H,18,19). The summed E-state index contributed by atoms with van der Waals surface area (Å²) in [4.78, 5) is 10.8. The Balaban J connectivity index is 2.35. The van der Waals surface area contributed by atoms with Crippen molar-refractivity contribution in [1.29, 1.82) is 0 Å². The fourth-order valence-electron chi connectivity index (χ4n) is 1.42. The molecule has 0 bridgehead atoms. The summed E-state index contributed by atoms with van der Waals surface area (Å²) in [6, 6.07) is 6.79. The van der Waals surface area contributed by atoms with Crippen molar-refractivity contribution >= 4 is 49.4 Å². The Bertz CT molecular complexity index is 692. The van der Waals surface area contributed by atoms with Crippen LogP contribution in [0.5, 0.6) is 11.5 Å². The number of benzene rings is 2. The second-order valence-electron chi connectivity index (χ2n) is 3.75. The molecule has 3 nitrogen and oxygen atoms in total. The van der Waals surface area contributed by atoms with Crippen LogP contribution in [0, 0.1) is 5.82 Å². The molecule has 20 heavy (non-hydrogen) atoms. The molecule has 0 aliphatic rings. The van der Waals surface area contributed by atoms with Gasteiger partial charge in [0.25, 0.3) is 0 Å². The van der Waals surface area contributed by atoms with Crippen LogP contribution >= 0.6 is 43.5 Å². The van der Waals surface area contributed by atoms with Gasteiger partial charge in [0.05, 0.1) is 19.5 Å². The number of carbonyl (C=O) groups is 1. The van der Waals surface area contributed by atoms with Gasteiger partial charge >= 0.3 is 5.97 Å². The Hall–Kier alpha value is -1.11. The van der Waals surface area contributed by atoms with E-state index in [1.54, 1.807) is 0 Å². The minimum absolute atomic E-state index is 0.0236. The molecule has 2 rings (SSSR count). The molecule has 0 unspecified atom stereocenters. The highest BCUT2D eigenvalue weighted by Crippen LogP contribution is 2.36. The number of ether oxygens (including phenoxy) is 1. The van der Waals surface area contributed by atoms with E-state index in [9.17, 15) is 9.18 Å². The summed E-state index contributed by atoms with van der Waals surface area (Å²) in [7, 11) is 0. The highest BCUT2D eigenvalue weighted by Gasteiger charge is 2.12. The average molecular weight is 424 g/mol. The van der Waals surface area contributed by atoms with Crippen molar-refractivity contribution in [2.24, 2.45) is 0 Å². The molecule has 0 saturated carbocycles. The van der Waals surface area contributed by atoms with Crippen molar-refractivity contribution in [2.75, 3.05) is 0 Å². The molecule has 7 heteroatoms. The summed E-state index contributed by atoms with van der Waals surface area (Å²) in [5.41, 5.74) is 0.116. The predicted octanol–water partition coefficient (Wildman–Crippen LogP) is 5.49. The maximum atomic E-state index is 13.4. The number of halogens is 4. The first kappa shape index (κ1) is 15.3. The smallest absolute Gasteiger partial charge is 0.335 e. The molecule has 0 spiro atoms. The Labute approximate surface area is 135 Å². The monoisotopic (exact) mass is 422 g/mol. The number of hydrogen-bond donors (Lipinski definition) is 1. The third-order valence-electron chi connectivity index (χ3n) is 2.37. The fraction of sp³-hybridized carbons (Fsp3) is 0. The van der Waals surface area contributed by atoms with E-state index in [1.165, 1.54) is 24.3 Å². The van der Waals surface area contributed by atoms with Gasteiger partial charge < -0.3 is 9.84 Å². The SMILES string of the molecule is O=C(O)c1ccc(Oc2cc(F)c(Cl)cc2Br)c(Br)c1. The minimum Gasteiger partial charge on any atom is -0.478 e. The van der Waals surface area contributed by atoms with Crippen LogP contribution in [-0.2, 0) is 0 Å². The zero-order valence-corrected chi connectivity index (χ0v) is 13.6. The highest BCUT2D eigenvalue weighted by atomic mass is 79.9. The summed E-state index contributed by atoms with van der Waals surface area (Å²) in [6.45, 7) is 0. The van der Waals surface area contributed by atoms with E-state index in [1.807, 2.05) is 0 Å². The number of aromatic carboxylic acids is 1. The summed E-state index contributed by atoms with van der Waals surface area (Å²) in [6.07, 6.45) is 0. The Morgan fingerprint density at radius 3 is 2.40 bits per heavy atom. The quantitative estimate of drug-likeness (QED) is 0.663. The molecule has 2 aromatic carbocycles. The van der Waals surface area contributed by atoms with Crippen LogP contribution in [0.15, 0.2) is 39.3 Å². The van der Waals surface area contributed by atoms with Gasteiger partial charge in [0.1, 0.15) is 17.3 Å². The van der Waals surface area contributed by atoms with Crippen molar-refractivity contribution in [3.8, 4) is 11.5 Å². The van der Waals surface area contributed by atoms with Crippen LogP contribution in [0.1, 0.15) is 10.4 Å². The normalized spacial score (nSPS) is 10.4. The largest absolute Gasteiger partial charge is 0.478 e. The first-order valence-electron chi connectivity index (χ1n) is 5.23. The van der Waals surface area contributed by atoms with E-state index in [0.717, 1.165) is 6.07 Å². The highest BCUT2D eigenvalue weighted by molar-refractivity contribution is 9.11. The van der Waals surface area contributed by atoms with Gasteiger partial charge in [0.15, 0.2) is 0 Å². The second kappa shape index (κ2) is 6.11. The van der Waals surface area contributed by atoms with Gasteiger partial charge in [-0.2, -0.15) is 0 Å². The summed E-state index contributed by atoms with van der Waals surface area (Å²) in [5.74, 6) is -1.06. The first-order valence-corrected chi connectivity index (χ1v) is 7.20. The molecule has 104 valence electrons. The molecule has 0 saturated heterocycles. The van der Waals surface area contributed by atoms with Gasteiger partial charge in [-0.05, 0) is 56.1 Å². The van der Waals surface area contributed by atoms with Crippen molar-refractivity contribution in [2.45, 2.75) is 0 Å². The average Bonchev–Trinajstić information content (AvgIpc) is 2.37. The second-order valence-corrected chi connectivity index (χ2v) is 5.87. The van der Waals surface area contributed by atoms with Gasteiger partial charge in [-0.1, -0.05) is 11.6 Å². The van der Waals surface area contributed by atoms with Crippen molar-refractivity contribution in [1.82, 2.24) is 0 Å². The Kier molecular flexibility index (Phi) is 4.67. The molecule has 0 atom stereocenters. The lowest BCUT2D eigenvalue weighted by Gasteiger charge is -2.10. The van der Waals surface area contributed by atoms with E-state index < -0.39 is 11.8 Å². The van der Waals surface area contributed by atoms with Gasteiger partial charge in [0, 0.05) is 6.07 Å². The molecule has 0 amide bonds. The van der Waals surface area contributed by atoms with E-state index >= 15 is 0 Å². The number of carboxylic acids is 1. The van der Waals surface area contributed by atoms with Crippen LogP contribution in [0.25, 0.3) is 0 Å². The van der Waals surface area contributed by atoms with Gasteiger partial charge in [0.2, 0.25) is 0 Å². The van der Waals surface area contributed by atoms with Crippen molar-refractivity contribution in [3.05, 3.63) is 55.7 Å². The van der Waals surface area contributed by atoms with E-state index in [0.29, 0.717) is 14.7 Å². The lowest BCUT2D eigenvalue weighted by atomic mass is 10.2. The van der Waals surface area contributed by atoms with Crippen LogP contribution in [0.4, 0.5) is 4.39 Å². The van der Waals surface area contributed by atoms with Gasteiger partial charge in [-0.25, -0.2) is 9.18 Å². The molecule has 1 N–H and O–H groups in total. The number of hydrogen-bond acceptors (Lipinski definition) is 2. The van der Waals surface area contributed by atoms with Crippen molar-refractivity contribution in [3.63, 3.8) is 0 Å². The lowest BCUT2D eigenvalue weighted by molar-refractivity contribution is 0.0697. The zero-order chi connectivity index (χ0) is 14.9. The van der Waals surface area contributed by atoms with E-state index in [2.05, 4.69) is 31.9 Å². The molecule has 2 aromatic rings. The molecule has 0 aliphatic heterocycles. The number of rotatable bonds is 3. The molecular formula is C13H6Br2ClFO3. The van der Waals surface area contributed by atoms with Crippen LogP contribution in [0.3, 0.4) is 0 Å². The van der Waals surface area contributed by atoms with Crippen molar-refractivity contribution < 1.29 is 19.0 Å². The first-order chi connectivity index (χ1) is 9.38. The zero-order valence-electron chi connectivity index (χ0n) is 9.66. The summed E-state index contributed by atoms with van der Waals surface area (Å²) >= 11 is 12.1. The predicted molar refractivity (Wildman–Crippen MR) is 80.3 cm³/mol. The van der Waals surface area contributed by atoms with E-state index in [4.69, 9.17) is 21.4 Å². The fourth-order valence-corrected chi connectivity index (χ4v) is 2.60. The third-order valence-corrected chi connectivity index (χ3v) is 3.90. The Morgan fingerprint density at radius 1 is 1.15 bits per heavy atom. The molecule has 0 aromatic heterocycles. The van der Waals surface area contributed by atoms with Crippen LogP contribution in [-0.4, -0.2) is 11.1 Å². The molecule has 0 heterocycles. The maximum absolute atomic E-state index is 13.4. The molecule has 0 fully saturated rings. The third kappa shape index (κ3) is 3.31. The number of carboxylic acid groups (broad SMARTS) is 1. The van der Waals surface area contributed by atoms with Crippen LogP contribution in [0.2, 0.25) is 5.02 Å². The lowest BCUT2D eigenvalue weighted by Crippen LogP contribution is -1.96. The van der Waals surface area contributed by atoms with Gasteiger partial charge in [-0.3, -0.25) is 0 Å². The Morgan fingerprint density at radius 2 is 1.80 bits per heavy atom. The summed E-state index contributed by atoms with van der Waals surface area (Å²) in [5, 5.41) is 8.84. The van der Waals surface area contributed by atoms with Crippen LogP contribution < -0.4 is 4.74 Å². The maximum Gasteiger partial charge on any atom is 0.335 e. The minimum atomic E-state index is -1.05. The molecule has 0 radical (unpaired) electrons. The topological polar surface area (TPSA) is 46.5 Å². The van der Waals surface area contributed by atoms with Gasteiger partial charge in [-0.15, -0.1) is 0 Å². The summed E-state index contributed by atoms with van der Waals surface area (Å²) < 4.78 is 19.9.